The van der Waals surface area contributed by atoms with Gasteiger partial charge in [-0.2, -0.15) is 8.78 Å². The Hall–Kier alpha value is -2.97. The Morgan fingerprint density at radius 3 is 1.90 bits per heavy atom. The molecule has 0 saturated carbocycles. The van der Waals surface area contributed by atoms with E-state index in [-0.39, 0.29) is 31.2 Å². The number of carboxylic acids is 2. The molecule has 4 rings (SSSR count). The molecule has 0 bridgehead atoms. The summed E-state index contributed by atoms with van der Waals surface area (Å²) in [4.78, 5) is 27.7. The summed E-state index contributed by atoms with van der Waals surface area (Å²) >= 11 is 5.97. The normalized spacial score (nSPS) is 10.9. The molecule has 6 nitrogen and oxygen atoms in total. The monoisotopic (exact) mass is 626 g/mol. The molecule has 0 aliphatic rings. The Labute approximate surface area is 242 Å². The lowest BCUT2D eigenvalue weighted by Crippen LogP contribution is -2.04. The lowest BCUT2D eigenvalue weighted by Gasteiger charge is -2.05. The second-order valence-electron chi connectivity index (χ2n) is 7.74. The van der Waals surface area contributed by atoms with Gasteiger partial charge in [-0.3, -0.25) is 9.59 Å². The summed E-state index contributed by atoms with van der Waals surface area (Å²) in [6.45, 7) is 7.10. The minimum Gasteiger partial charge on any atom is -0.491 e. The van der Waals surface area contributed by atoms with Crippen molar-refractivity contribution < 1.29 is 38.1 Å². The first kappa shape index (κ1) is 29.0. The average Bonchev–Trinajstić information content (AvgIpc) is 3.64. The van der Waals surface area contributed by atoms with Gasteiger partial charge < -0.3 is 19.7 Å². The summed E-state index contributed by atoms with van der Waals surface area (Å²) in [6, 6.07) is 10.3. The Balaban J connectivity index is 1.69. The van der Waals surface area contributed by atoms with Crippen LogP contribution in [-0.2, 0) is 9.59 Å². The third-order valence-corrected chi connectivity index (χ3v) is 10.5. The summed E-state index contributed by atoms with van der Waals surface area (Å²) in [5.41, 5.74) is 0. The van der Waals surface area contributed by atoms with Gasteiger partial charge in [-0.15, -0.1) is 45.3 Å². The zero-order valence-electron chi connectivity index (χ0n) is 20.0. The van der Waals surface area contributed by atoms with E-state index in [1.807, 2.05) is 12.1 Å². The lowest BCUT2D eigenvalue weighted by molar-refractivity contribution is -0.138. The summed E-state index contributed by atoms with van der Waals surface area (Å²) in [6.07, 6.45) is -0.355. The van der Waals surface area contributed by atoms with Crippen LogP contribution in [0.15, 0.2) is 54.7 Å². The van der Waals surface area contributed by atoms with Gasteiger partial charge in [0.15, 0.2) is 10.3 Å². The van der Waals surface area contributed by atoms with Crippen LogP contribution in [0.1, 0.15) is 17.7 Å². The maximum atomic E-state index is 13.7. The molecule has 0 fully saturated rings. The Bertz CT molecular complexity index is 1530. The zero-order valence-corrected chi connectivity index (χ0v) is 24.1. The van der Waals surface area contributed by atoms with E-state index >= 15 is 0 Å². The van der Waals surface area contributed by atoms with E-state index in [2.05, 4.69) is 13.2 Å². The molecule has 0 atom stereocenters. The number of thiophene rings is 4. The van der Waals surface area contributed by atoms with Crippen molar-refractivity contribution in [2.75, 3.05) is 13.2 Å². The molecule has 0 radical (unpaired) electrons. The number of halogens is 2. The molecule has 4 aromatic rings. The Kier molecular flexibility index (Phi) is 9.62. The van der Waals surface area contributed by atoms with Crippen LogP contribution in [0.4, 0.5) is 8.78 Å². The third kappa shape index (κ3) is 7.57. The number of carbonyl (C=O) groups is 2. The fourth-order valence-corrected chi connectivity index (χ4v) is 8.07. The summed E-state index contributed by atoms with van der Waals surface area (Å²) < 4.78 is 38.7. The first-order valence-corrected chi connectivity index (χ1v) is 15.2. The first-order chi connectivity index (χ1) is 18.6. The molecule has 2 N–H and O–H groups in total. The van der Waals surface area contributed by atoms with Gasteiger partial charge in [0.05, 0.1) is 35.8 Å². The third-order valence-electron chi connectivity index (χ3n) is 4.92. The highest BCUT2D eigenvalue weighted by atomic mass is 32.2. The molecule has 204 valence electrons. The van der Waals surface area contributed by atoms with Crippen LogP contribution in [-0.4, -0.2) is 35.4 Å². The highest BCUT2D eigenvalue weighted by Gasteiger charge is 2.21. The molecule has 0 aliphatic carbocycles. The minimum absolute atomic E-state index is 0.0228. The minimum atomic E-state index is -0.992. The van der Waals surface area contributed by atoms with E-state index in [4.69, 9.17) is 19.7 Å². The van der Waals surface area contributed by atoms with Crippen LogP contribution in [0, 0.1) is 5.13 Å². The standard InChI is InChI=1S/C26H20F2O6S5/c1-13(35-14(2)27)20-11-15(33-9-7-23(29)30)25(38-20)18-3-4-19(36-18)26-16(34-10-8-24(31)32)12-21(39-26)17-5-6-22(28)37-17/h3-6,11-12H,1-2,7-10H2,(H,29,30)(H,31,32). The number of hydrogen-bond acceptors (Lipinski definition) is 9. The number of hydrogen-bond donors (Lipinski definition) is 2. The molecule has 4 aromatic heterocycles. The van der Waals surface area contributed by atoms with Crippen molar-refractivity contribution in [1.29, 1.82) is 0 Å². The van der Waals surface area contributed by atoms with Crippen molar-refractivity contribution in [2.45, 2.75) is 12.8 Å². The Morgan fingerprint density at radius 1 is 0.795 bits per heavy atom. The van der Waals surface area contributed by atoms with Gasteiger partial charge in [-0.05, 0) is 24.3 Å². The van der Waals surface area contributed by atoms with Gasteiger partial charge in [0.2, 0.25) is 0 Å². The molecular formula is C26H20F2O6S5. The van der Waals surface area contributed by atoms with Crippen molar-refractivity contribution in [3.63, 3.8) is 0 Å². The summed E-state index contributed by atoms with van der Waals surface area (Å²) in [5, 5.41) is 17.1. The average molecular weight is 627 g/mol. The van der Waals surface area contributed by atoms with Crippen LogP contribution in [0.3, 0.4) is 0 Å². The highest BCUT2D eigenvalue weighted by molar-refractivity contribution is 8.11. The SMILES string of the molecule is C=C(F)SC(=C)c1cc(OCCC(=O)O)c(-c2ccc(-c3sc(-c4ccc(F)s4)cc3OCCC(=O)O)s2)s1. The molecular weight excluding hydrogens is 607 g/mol. The fourth-order valence-electron chi connectivity index (χ4n) is 3.27. The number of aliphatic carboxylic acids is 2. The van der Waals surface area contributed by atoms with Crippen LogP contribution in [0.5, 0.6) is 11.5 Å². The lowest BCUT2D eigenvalue weighted by atomic mass is 10.3. The summed E-state index contributed by atoms with van der Waals surface area (Å²) in [5.74, 6) is -1.02. The van der Waals surface area contributed by atoms with Crippen molar-refractivity contribution >= 4 is 74.0 Å². The van der Waals surface area contributed by atoms with Crippen LogP contribution >= 0.6 is 57.1 Å². The first-order valence-electron chi connectivity index (χ1n) is 11.2. The molecule has 0 amide bonds. The van der Waals surface area contributed by atoms with Crippen LogP contribution in [0.2, 0.25) is 0 Å². The maximum Gasteiger partial charge on any atom is 0.306 e. The smallest absolute Gasteiger partial charge is 0.306 e. The van der Waals surface area contributed by atoms with Crippen molar-refractivity contribution in [3.8, 4) is 40.8 Å². The van der Waals surface area contributed by atoms with E-state index in [9.17, 15) is 18.4 Å². The van der Waals surface area contributed by atoms with Gasteiger partial charge in [0.1, 0.15) is 11.5 Å². The van der Waals surface area contributed by atoms with E-state index < -0.39 is 17.1 Å². The van der Waals surface area contributed by atoms with E-state index in [0.29, 0.717) is 21.3 Å². The van der Waals surface area contributed by atoms with Gasteiger partial charge in [0.25, 0.3) is 0 Å². The molecule has 0 saturated heterocycles. The molecule has 13 heteroatoms. The van der Waals surface area contributed by atoms with E-state index in [1.165, 1.54) is 40.1 Å². The number of rotatable bonds is 14. The fraction of sp³-hybridized carbons (Fsp3) is 0.154. The maximum absolute atomic E-state index is 13.7. The molecule has 39 heavy (non-hydrogen) atoms. The predicted molar refractivity (Wildman–Crippen MR) is 157 cm³/mol. The molecule has 0 spiro atoms. The zero-order chi connectivity index (χ0) is 28.1. The van der Waals surface area contributed by atoms with Gasteiger partial charge in [0, 0.05) is 41.4 Å². The Morgan fingerprint density at radius 2 is 1.36 bits per heavy atom. The van der Waals surface area contributed by atoms with Crippen LogP contribution in [0.25, 0.3) is 34.2 Å². The van der Waals surface area contributed by atoms with Crippen molar-refractivity contribution in [2.24, 2.45) is 0 Å². The van der Waals surface area contributed by atoms with Crippen LogP contribution < -0.4 is 9.47 Å². The van der Waals surface area contributed by atoms with Crippen molar-refractivity contribution in [1.82, 2.24) is 0 Å². The summed E-state index contributed by atoms with van der Waals surface area (Å²) in [7, 11) is 0. The number of carboxylic acid groups (broad SMARTS) is 2. The van der Waals surface area contributed by atoms with Crippen molar-refractivity contribution in [3.05, 3.63) is 64.7 Å². The molecule has 0 aromatic carbocycles. The molecule has 4 heterocycles. The highest BCUT2D eigenvalue weighted by Crippen LogP contribution is 2.51. The van der Waals surface area contributed by atoms with Gasteiger partial charge in [-0.25, -0.2) is 0 Å². The predicted octanol–water partition coefficient (Wildman–Crippen LogP) is 8.92. The second-order valence-corrected chi connectivity index (χ2v) is 13.1. The number of thioether (sulfide) groups is 1. The van der Waals surface area contributed by atoms with E-state index in [1.54, 1.807) is 18.2 Å². The molecule has 0 aliphatic heterocycles. The molecule has 0 unspecified atom stereocenters. The van der Waals surface area contributed by atoms with E-state index in [0.717, 1.165) is 52.4 Å². The van der Waals surface area contributed by atoms with Gasteiger partial charge >= 0.3 is 11.9 Å². The quantitative estimate of drug-likeness (QED) is 0.144. The number of ether oxygens (including phenoxy) is 2. The second kappa shape index (κ2) is 12.9. The topological polar surface area (TPSA) is 93.1 Å². The van der Waals surface area contributed by atoms with Gasteiger partial charge in [-0.1, -0.05) is 24.9 Å². The largest absolute Gasteiger partial charge is 0.491 e.